The Morgan fingerprint density at radius 2 is 1.73 bits per heavy atom. The molecule has 2 heterocycles. The Morgan fingerprint density at radius 1 is 1.05 bits per heavy atom. The van der Waals surface area contributed by atoms with E-state index < -0.39 is 0 Å². The van der Waals surface area contributed by atoms with Crippen molar-refractivity contribution in [1.82, 2.24) is 9.80 Å². The predicted molar refractivity (Wildman–Crippen MR) is 87.7 cm³/mol. The van der Waals surface area contributed by atoms with E-state index in [9.17, 15) is 4.39 Å². The highest BCUT2D eigenvalue weighted by Gasteiger charge is 2.19. The summed E-state index contributed by atoms with van der Waals surface area (Å²) in [5, 5.41) is 0. The van der Waals surface area contributed by atoms with Gasteiger partial charge in [-0.05, 0) is 43.8 Å². The first kappa shape index (κ1) is 15.1. The summed E-state index contributed by atoms with van der Waals surface area (Å²) in [6.45, 7) is 7.67. The van der Waals surface area contributed by atoms with Gasteiger partial charge in [0.1, 0.15) is 5.82 Å². The maximum Gasteiger partial charge on any atom is 0.191 e. The highest BCUT2D eigenvalue weighted by Crippen LogP contribution is 2.16. The zero-order chi connectivity index (χ0) is 15.4. The number of likely N-dealkylation sites (tertiary alicyclic amines) is 1. The number of piperazine rings is 1. The van der Waals surface area contributed by atoms with Crippen molar-refractivity contribution in [2.45, 2.75) is 6.42 Å². The summed E-state index contributed by atoms with van der Waals surface area (Å²) in [5.41, 5.74) is 7.15. The molecule has 0 saturated carbocycles. The zero-order valence-electron chi connectivity index (χ0n) is 12.9. The minimum absolute atomic E-state index is 0.194. The first-order valence-electron chi connectivity index (χ1n) is 8.00. The fourth-order valence-electron chi connectivity index (χ4n) is 2.86. The Morgan fingerprint density at radius 3 is 2.32 bits per heavy atom. The van der Waals surface area contributed by atoms with Gasteiger partial charge in [0.25, 0.3) is 0 Å². The van der Waals surface area contributed by atoms with E-state index in [2.05, 4.69) is 19.7 Å². The van der Waals surface area contributed by atoms with Gasteiger partial charge in [0.05, 0.1) is 6.54 Å². The van der Waals surface area contributed by atoms with Gasteiger partial charge in [0, 0.05) is 38.4 Å². The Labute approximate surface area is 131 Å². The summed E-state index contributed by atoms with van der Waals surface area (Å²) in [4.78, 5) is 11.3. The van der Waals surface area contributed by atoms with Crippen molar-refractivity contribution in [3.05, 3.63) is 30.1 Å². The third-order valence-corrected chi connectivity index (χ3v) is 4.43. The molecule has 1 aromatic rings. The minimum atomic E-state index is -0.194. The van der Waals surface area contributed by atoms with Gasteiger partial charge in [-0.1, -0.05) is 0 Å². The molecule has 0 radical (unpaired) electrons. The summed E-state index contributed by atoms with van der Waals surface area (Å²) in [7, 11) is 0. The van der Waals surface area contributed by atoms with Gasteiger partial charge < -0.3 is 20.4 Å². The lowest BCUT2D eigenvalue weighted by Gasteiger charge is -2.36. The van der Waals surface area contributed by atoms with Gasteiger partial charge in [-0.15, -0.1) is 0 Å². The number of benzene rings is 1. The highest BCUT2D eigenvalue weighted by molar-refractivity contribution is 5.78. The fraction of sp³-hybridized carbons (Fsp3) is 0.562. The fourth-order valence-corrected chi connectivity index (χ4v) is 2.86. The second kappa shape index (κ2) is 6.96. The Kier molecular flexibility index (Phi) is 4.77. The molecule has 2 N–H and O–H groups in total. The SMILES string of the molecule is NC(=NCCN1CCC1)N1CCN(c2ccc(F)cc2)CC1. The van der Waals surface area contributed by atoms with Gasteiger partial charge >= 0.3 is 0 Å². The van der Waals surface area contributed by atoms with Crippen LogP contribution < -0.4 is 10.6 Å². The number of hydrogen-bond acceptors (Lipinski definition) is 3. The van der Waals surface area contributed by atoms with Crippen LogP contribution in [-0.4, -0.2) is 68.1 Å². The van der Waals surface area contributed by atoms with Gasteiger partial charge in [-0.25, -0.2) is 4.39 Å². The molecule has 0 amide bonds. The van der Waals surface area contributed by atoms with Crippen LogP contribution in [0.5, 0.6) is 0 Å². The van der Waals surface area contributed by atoms with E-state index >= 15 is 0 Å². The maximum atomic E-state index is 13.0. The standard InChI is InChI=1S/C16H24FN5/c17-14-2-4-15(5-3-14)21-10-12-22(13-11-21)16(18)19-6-9-20-7-1-8-20/h2-5H,1,6-13H2,(H2,18,19). The summed E-state index contributed by atoms with van der Waals surface area (Å²) in [5.74, 6) is 0.459. The molecule has 0 aromatic heterocycles. The van der Waals surface area contributed by atoms with Gasteiger partial charge in [0.2, 0.25) is 0 Å². The van der Waals surface area contributed by atoms with Crippen LogP contribution in [0, 0.1) is 5.82 Å². The van der Waals surface area contributed by atoms with Crippen LogP contribution >= 0.6 is 0 Å². The molecule has 3 rings (SSSR count). The molecule has 5 nitrogen and oxygen atoms in total. The van der Waals surface area contributed by atoms with Crippen molar-refractivity contribution in [1.29, 1.82) is 0 Å². The molecule has 0 aliphatic carbocycles. The second-order valence-corrected chi connectivity index (χ2v) is 5.89. The number of anilines is 1. The van der Waals surface area contributed by atoms with E-state index in [0.717, 1.165) is 45.0 Å². The van der Waals surface area contributed by atoms with Gasteiger partial charge in [-0.3, -0.25) is 4.99 Å². The Hall–Kier alpha value is -1.82. The Balaban J connectivity index is 1.46. The number of nitrogens with zero attached hydrogens (tertiary/aromatic N) is 4. The third kappa shape index (κ3) is 3.68. The number of rotatable bonds is 4. The van der Waals surface area contributed by atoms with E-state index in [1.54, 1.807) is 0 Å². The molecule has 0 bridgehead atoms. The smallest absolute Gasteiger partial charge is 0.191 e. The van der Waals surface area contributed by atoms with Gasteiger partial charge in [0.15, 0.2) is 5.96 Å². The van der Waals surface area contributed by atoms with Crippen LogP contribution in [0.15, 0.2) is 29.3 Å². The first-order chi connectivity index (χ1) is 10.7. The van der Waals surface area contributed by atoms with Crippen molar-refractivity contribution in [3.63, 3.8) is 0 Å². The third-order valence-electron chi connectivity index (χ3n) is 4.43. The van der Waals surface area contributed by atoms with Crippen LogP contribution in [-0.2, 0) is 0 Å². The molecule has 1 aromatic carbocycles. The molecule has 2 aliphatic rings. The average Bonchev–Trinajstić information content (AvgIpc) is 2.50. The van der Waals surface area contributed by atoms with Crippen LogP contribution in [0.3, 0.4) is 0 Å². The van der Waals surface area contributed by atoms with Crippen LogP contribution in [0.25, 0.3) is 0 Å². The quantitative estimate of drug-likeness (QED) is 0.665. The van der Waals surface area contributed by atoms with E-state index in [0.29, 0.717) is 5.96 Å². The van der Waals surface area contributed by atoms with Crippen molar-refractivity contribution in [3.8, 4) is 0 Å². The number of aliphatic imine (C=N–C) groups is 1. The molecule has 120 valence electrons. The Bertz CT molecular complexity index is 504. The van der Waals surface area contributed by atoms with E-state index in [1.165, 1.54) is 31.6 Å². The lowest BCUT2D eigenvalue weighted by Crippen LogP contribution is -2.51. The lowest BCUT2D eigenvalue weighted by atomic mass is 10.2. The maximum absolute atomic E-state index is 13.0. The summed E-state index contributed by atoms with van der Waals surface area (Å²) in [6.07, 6.45) is 1.31. The highest BCUT2D eigenvalue weighted by atomic mass is 19.1. The number of nitrogens with two attached hydrogens (primary N) is 1. The van der Waals surface area contributed by atoms with Crippen molar-refractivity contribution >= 4 is 11.6 Å². The van der Waals surface area contributed by atoms with E-state index in [4.69, 9.17) is 5.73 Å². The predicted octanol–water partition coefficient (Wildman–Crippen LogP) is 0.968. The van der Waals surface area contributed by atoms with E-state index in [1.807, 2.05) is 12.1 Å². The van der Waals surface area contributed by atoms with Crippen LogP contribution in [0.2, 0.25) is 0 Å². The molecule has 0 unspecified atom stereocenters. The average molecular weight is 305 g/mol. The van der Waals surface area contributed by atoms with Crippen molar-refractivity contribution in [2.24, 2.45) is 10.7 Å². The van der Waals surface area contributed by atoms with Crippen molar-refractivity contribution in [2.75, 3.05) is 57.3 Å². The van der Waals surface area contributed by atoms with E-state index in [-0.39, 0.29) is 5.82 Å². The number of hydrogen-bond donors (Lipinski definition) is 1. The molecule has 6 heteroatoms. The topological polar surface area (TPSA) is 48.1 Å². The minimum Gasteiger partial charge on any atom is -0.370 e. The molecule has 0 spiro atoms. The molecule has 2 saturated heterocycles. The number of halogens is 1. The summed E-state index contributed by atoms with van der Waals surface area (Å²) >= 11 is 0. The molecular formula is C16H24FN5. The molecule has 2 aliphatic heterocycles. The van der Waals surface area contributed by atoms with Crippen LogP contribution in [0.1, 0.15) is 6.42 Å². The largest absolute Gasteiger partial charge is 0.370 e. The molecule has 22 heavy (non-hydrogen) atoms. The first-order valence-corrected chi connectivity index (χ1v) is 8.00. The van der Waals surface area contributed by atoms with Gasteiger partial charge in [-0.2, -0.15) is 0 Å². The summed E-state index contributed by atoms with van der Waals surface area (Å²) < 4.78 is 13.0. The monoisotopic (exact) mass is 305 g/mol. The normalized spacial score (nSPS) is 20.1. The van der Waals surface area contributed by atoms with Crippen molar-refractivity contribution < 1.29 is 4.39 Å². The molecular weight excluding hydrogens is 281 g/mol. The number of guanidine groups is 1. The van der Waals surface area contributed by atoms with Crippen LogP contribution in [0.4, 0.5) is 10.1 Å². The lowest BCUT2D eigenvalue weighted by molar-refractivity contribution is 0.187. The molecule has 0 atom stereocenters. The zero-order valence-corrected chi connectivity index (χ0v) is 12.9. The second-order valence-electron chi connectivity index (χ2n) is 5.89. The molecule has 2 fully saturated rings. The summed E-state index contributed by atoms with van der Waals surface area (Å²) in [6, 6.07) is 6.67.